The molecule has 0 spiro atoms. The second-order valence-electron chi connectivity index (χ2n) is 5.81. The van der Waals surface area contributed by atoms with E-state index < -0.39 is 0 Å². The molecule has 2 rings (SSSR count). The summed E-state index contributed by atoms with van der Waals surface area (Å²) in [6, 6.07) is 4.37. The van der Waals surface area contributed by atoms with E-state index in [1.54, 1.807) is 0 Å². The lowest BCUT2D eigenvalue weighted by Crippen LogP contribution is -2.31. The lowest BCUT2D eigenvalue weighted by molar-refractivity contribution is 0.204. The van der Waals surface area contributed by atoms with Gasteiger partial charge in [-0.2, -0.15) is 0 Å². The van der Waals surface area contributed by atoms with Gasteiger partial charge in [0.05, 0.1) is 6.61 Å². The Morgan fingerprint density at radius 3 is 2.53 bits per heavy atom. The molecule has 0 saturated carbocycles. The van der Waals surface area contributed by atoms with Gasteiger partial charge < -0.3 is 9.64 Å². The van der Waals surface area contributed by atoms with E-state index in [4.69, 9.17) is 4.74 Å². The molecular formula is C17H27NO. The van der Waals surface area contributed by atoms with Crippen LogP contribution in [0.4, 0.5) is 0 Å². The molecule has 0 unspecified atom stereocenters. The zero-order chi connectivity index (χ0) is 13.7. The molecule has 1 saturated heterocycles. The molecule has 1 fully saturated rings. The number of nitrogens with zero attached hydrogens (tertiary/aromatic N) is 1. The van der Waals surface area contributed by atoms with Gasteiger partial charge in [-0.15, -0.1) is 0 Å². The summed E-state index contributed by atoms with van der Waals surface area (Å²) in [5, 5.41) is 0. The number of aryl methyl sites for hydroxylation is 2. The minimum Gasteiger partial charge on any atom is -0.493 e. The lowest BCUT2D eigenvalue weighted by atomic mass is 10.1. The van der Waals surface area contributed by atoms with Crippen molar-refractivity contribution in [2.75, 3.05) is 26.2 Å². The number of likely N-dealkylation sites (tertiary alicyclic amines) is 1. The van der Waals surface area contributed by atoms with Crippen molar-refractivity contribution in [2.24, 2.45) is 0 Å². The predicted octanol–water partition coefficient (Wildman–Crippen LogP) is 3.87. The predicted molar refractivity (Wildman–Crippen MR) is 81.1 cm³/mol. The van der Waals surface area contributed by atoms with E-state index in [9.17, 15) is 0 Å². The van der Waals surface area contributed by atoms with Crippen molar-refractivity contribution in [1.82, 2.24) is 4.90 Å². The molecule has 106 valence electrons. The smallest absolute Gasteiger partial charge is 0.122 e. The fourth-order valence-corrected chi connectivity index (χ4v) is 2.80. The first-order valence-corrected chi connectivity index (χ1v) is 7.60. The zero-order valence-corrected chi connectivity index (χ0v) is 12.7. The summed E-state index contributed by atoms with van der Waals surface area (Å²) in [5.74, 6) is 1.07. The van der Waals surface area contributed by atoms with E-state index in [-0.39, 0.29) is 0 Å². The number of benzene rings is 1. The third-order valence-corrected chi connectivity index (χ3v) is 4.09. The maximum atomic E-state index is 5.96. The van der Waals surface area contributed by atoms with Crippen molar-refractivity contribution >= 4 is 0 Å². The Balaban J connectivity index is 1.76. The van der Waals surface area contributed by atoms with Crippen LogP contribution in [0, 0.1) is 20.8 Å². The van der Waals surface area contributed by atoms with Gasteiger partial charge in [-0.25, -0.2) is 0 Å². The quantitative estimate of drug-likeness (QED) is 0.746. The van der Waals surface area contributed by atoms with Crippen molar-refractivity contribution in [1.29, 1.82) is 0 Å². The summed E-state index contributed by atoms with van der Waals surface area (Å²) in [6.45, 7) is 11.0. The van der Waals surface area contributed by atoms with Gasteiger partial charge in [0, 0.05) is 6.54 Å². The van der Waals surface area contributed by atoms with Crippen molar-refractivity contribution < 1.29 is 4.74 Å². The summed E-state index contributed by atoms with van der Waals surface area (Å²) in [6.07, 6.45) is 5.29. The van der Waals surface area contributed by atoms with Crippen molar-refractivity contribution in [3.8, 4) is 5.75 Å². The summed E-state index contributed by atoms with van der Waals surface area (Å²) in [7, 11) is 0. The van der Waals surface area contributed by atoms with Crippen molar-refractivity contribution in [3.05, 3.63) is 28.8 Å². The van der Waals surface area contributed by atoms with Gasteiger partial charge in [-0.05, 0) is 75.9 Å². The minimum absolute atomic E-state index is 0.834. The van der Waals surface area contributed by atoms with Crippen LogP contribution >= 0.6 is 0 Å². The van der Waals surface area contributed by atoms with E-state index in [1.807, 2.05) is 0 Å². The Morgan fingerprint density at radius 1 is 1.05 bits per heavy atom. The van der Waals surface area contributed by atoms with E-state index in [1.165, 1.54) is 55.6 Å². The fourth-order valence-electron chi connectivity index (χ4n) is 2.80. The monoisotopic (exact) mass is 261 g/mol. The van der Waals surface area contributed by atoms with Crippen LogP contribution in [0.2, 0.25) is 0 Å². The molecule has 19 heavy (non-hydrogen) atoms. The van der Waals surface area contributed by atoms with Gasteiger partial charge in [0.25, 0.3) is 0 Å². The number of hydrogen-bond donors (Lipinski definition) is 0. The van der Waals surface area contributed by atoms with Crippen LogP contribution in [-0.4, -0.2) is 31.1 Å². The van der Waals surface area contributed by atoms with Crippen LogP contribution < -0.4 is 4.74 Å². The molecule has 1 aromatic rings. The third-order valence-electron chi connectivity index (χ3n) is 4.09. The van der Waals surface area contributed by atoms with Crippen LogP contribution in [0.3, 0.4) is 0 Å². The maximum Gasteiger partial charge on any atom is 0.122 e. The number of rotatable bonds is 5. The van der Waals surface area contributed by atoms with Crippen LogP contribution in [0.1, 0.15) is 42.4 Å². The van der Waals surface area contributed by atoms with Crippen LogP contribution in [0.15, 0.2) is 12.1 Å². The summed E-state index contributed by atoms with van der Waals surface area (Å²) in [5.41, 5.74) is 3.89. The van der Waals surface area contributed by atoms with Gasteiger partial charge in [-0.1, -0.05) is 12.5 Å². The van der Waals surface area contributed by atoms with E-state index in [0.29, 0.717) is 0 Å². The molecule has 0 amide bonds. The first kappa shape index (κ1) is 14.4. The Bertz CT molecular complexity index is 408. The molecular weight excluding hydrogens is 234 g/mol. The zero-order valence-electron chi connectivity index (χ0n) is 12.7. The normalized spacial score (nSPS) is 16.6. The molecule has 0 atom stereocenters. The topological polar surface area (TPSA) is 12.5 Å². The molecule has 1 heterocycles. The van der Waals surface area contributed by atoms with E-state index in [2.05, 4.69) is 37.8 Å². The number of piperidine rings is 1. The largest absolute Gasteiger partial charge is 0.493 e. The molecule has 0 aliphatic carbocycles. The van der Waals surface area contributed by atoms with Gasteiger partial charge >= 0.3 is 0 Å². The SMILES string of the molecule is Cc1cc(C)c(C)c(OCCCN2CCCCC2)c1. The molecule has 0 bridgehead atoms. The molecule has 1 aromatic carbocycles. The molecule has 2 nitrogen and oxygen atoms in total. The van der Waals surface area contributed by atoms with E-state index in [0.717, 1.165) is 18.8 Å². The standard InChI is InChI=1S/C17H27NO/c1-14-12-15(2)16(3)17(13-14)19-11-7-10-18-8-5-4-6-9-18/h12-13H,4-11H2,1-3H3. The highest BCUT2D eigenvalue weighted by Gasteiger charge is 2.09. The minimum atomic E-state index is 0.834. The van der Waals surface area contributed by atoms with Crippen LogP contribution in [0.5, 0.6) is 5.75 Å². The summed E-state index contributed by atoms with van der Waals surface area (Å²) < 4.78 is 5.96. The Kier molecular flexibility index (Phi) is 5.26. The molecule has 0 aromatic heterocycles. The van der Waals surface area contributed by atoms with E-state index >= 15 is 0 Å². The number of hydrogen-bond acceptors (Lipinski definition) is 2. The van der Waals surface area contributed by atoms with Crippen LogP contribution in [-0.2, 0) is 0 Å². The molecule has 2 heteroatoms. The van der Waals surface area contributed by atoms with Gasteiger partial charge in [0.15, 0.2) is 0 Å². The Hall–Kier alpha value is -1.02. The molecule has 0 radical (unpaired) electrons. The average molecular weight is 261 g/mol. The molecule has 1 aliphatic heterocycles. The second kappa shape index (κ2) is 6.95. The fraction of sp³-hybridized carbons (Fsp3) is 0.647. The Morgan fingerprint density at radius 2 is 1.79 bits per heavy atom. The van der Waals surface area contributed by atoms with Crippen molar-refractivity contribution in [3.63, 3.8) is 0 Å². The first-order chi connectivity index (χ1) is 9.16. The summed E-state index contributed by atoms with van der Waals surface area (Å²) >= 11 is 0. The molecule has 1 aliphatic rings. The number of ether oxygens (including phenoxy) is 1. The van der Waals surface area contributed by atoms with Gasteiger partial charge in [-0.3, -0.25) is 0 Å². The highest BCUT2D eigenvalue weighted by atomic mass is 16.5. The maximum absolute atomic E-state index is 5.96. The summed E-state index contributed by atoms with van der Waals surface area (Å²) in [4.78, 5) is 2.57. The second-order valence-corrected chi connectivity index (χ2v) is 5.81. The van der Waals surface area contributed by atoms with Gasteiger partial charge in [0.2, 0.25) is 0 Å². The highest BCUT2D eigenvalue weighted by Crippen LogP contribution is 2.23. The molecule has 0 N–H and O–H groups in total. The third kappa shape index (κ3) is 4.24. The Labute approximate surface area is 117 Å². The van der Waals surface area contributed by atoms with Crippen LogP contribution in [0.25, 0.3) is 0 Å². The first-order valence-electron chi connectivity index (χ1n) is 7.60. The average Bonchev–Trinajstić information content (AvgIpc) is 2.41. The highest BCUT2D eigenvalue weighted by molar-refractivity contribution is 5.41. The van der Waals surface area contributed by atoms with Gasteiger partial charge in [0.1, 0.15) is 5.75 Å². The van der Waals surface area contributed by atoms with Crippen molar-refractivity contribution in [2.45, 2.75) is 46.5 Å². The lowest BCUT2D eigenvalue weighted by Gasteiger charge is -2.26.